The fraction of sp³-hybridized carbons (Fsp3) is 0.167. The van der Waals surface area contributed by atoms with Crippen LogP contribution in [-0.2, 0) is 4.79 Å². The first-order chi connectivity index (χ1) is 9.70. The lowest BCUT2D eigenvalue weighted by Gasteiger charge is -2.35. The van der Waals surface area contributed by atoms with E-state index in [1.807, 2.05) is 37.3 Å². The van der Waals surface area contributed by atoms with E-state index in [9.17, 15) is 4.79 Å². The van der Waals surface area contributed by atoms with E-state index in [2.05, 4.69) is 36.1 Å². The summed E-state index contributed by atoms with van der Waals surface area (Å²) in [4.78, 5) is 13.8. The van der Waals surface area contributed by atoms with Crippen LogP contribution < -0.4 is 4.90 Å². The zero-order valence-corrected chi connectivity index (χ0v) is 11.7. The summed E-state index contributed by atoms with van der Waals surface area (Å²) in [6.45, 7) is 4.10. The molecule has 2 heteroatoms. The molecule has 2 nitrogen and oxygen atoms in total. The van der Waals surface area contributed by atoms with E-state index in [0.29, 0.717) is 0 Å². The average Bonchev–Trinajstić information content (AvgIpc) is 2.47. The fourth-order valence-electron chi connectivity index (χ4n) is 2.82. The van der Waals surface area contributed by atoms with E-state index < -0.39 is 0 Å². The molecule has 3 rings (SSSR count). The maximum absolute atomic E-state index is 11.7. The first-order valence-corrected chi connectivity index (χ1v) is 6.79. The first-order valence-electron chi connectivity index (χ1n) is 6.79. The van der Waals surface area contributed by atoms with Crippen LogP contribution in [0.2, 0.25) is 0 Å². The molecular formula is C18H17NO. The van der Waals surface area contributed by atoms with E-state index in [1.165, 1.54) is 5.56 Å². The maximum Gasteiger partial charge on any atom is 0.147 e. The van der Waals surface area contributed by atoms with Crippen molar-refractivity contribution in [2.75, 3.05) is 4.90 Å². The highest BCUT2D eigenvalue weighted by Crippen LogP contribution is 2.36. The standard InChI is InChI=1S/C18H17NO/c1-13-8-9-15-11-14(2)19(16-6-4-3-5-7-16)18(12-20)17(15)10-13/h3-12,18H,1-2H3. The number of aldehydes is 1. The molecule has 1 aliphatic heterocycles. The number of para-hydroxylation sites is 1. The lowest BCUT2D eigenvalue weighted by molar-refractivity contribution is -0.109. The Bertz CT molecular complexity index is 673. The van der Waals surface area contributed by atoms with Crippen molar-refractivity contribution >= 4 is 18.0 Å². The van der Waals surface area contributed by atoms with Gasteiger partial charge in [-0.05, 0) is 43.2 Å². The van der Waals surface area contributed by atoms with Crippen molar-refractivity contribution < 1.29 is 4.79 Å². The highest BCUT2D eigenvalue weighted by molar-refractivity contribution is 5.80. The van der Waals surface area contributed by atoms with Gasteiger partial charge in [0.1, 0.15) is 12.3 Å². The van der Waals surface area contributed by atoms with E-state index in [0.717, 1.165) is 28.8 Å². The number of rotatable bonds is 2. The molecule has 0 amide bonds. The van der Waals surface area contributed by atoms with Gasteiger partial charge >= 0.3 is 0 Å². The van der Waals surface area contributed by atoms with Crippen molar-refractivity contribution in [2.45, 2.75) is 19.9 Å². The van der Waals surface area contributed by atoms with Gasteiger partial charge in [-0.3, -0.25) is 0 Å². The second kappa shape index (κ2) is 4.97. The normalized spacial score (nSPS) is 17.4. The second-order valence-corrected chi connectivity index (χ2v) is 5.20. The zero-order valence-electron chi connectivity index (χ0n) is 11.7. The van der Waals surface area contributed by atoms with Crippen LogP contribution in [0.5, 0.6) is 0 Å². The molecule has 1 aliphatic rings. The van der Waals surface area contributed by atoms with Crippen LogP contribution in [0.4, 0.5) is 5.69 Å². The highest BCUT2D eigenvalue weighted by Gasteiger charge is 2.27. The van der Waals surface area contributed by atoms with Crippen molar-refractivity contribution in [1.29, 1.82) is 0 Å². The third kappa shape index (κ3) is 2.03. The van der Waals surface area contributed by atoms with Gasteiger partial charge in [-0.25, -0.2) is 0 Å². The predicted molar refractivity (Wildman–Crippen MR) is 82.6 cm³/mol. The van der Waals surface area contributed by atoms with Gasteiger partial charge in [0.05, 0.1) is 0 Å². The molecule has 0 aromatic heterocycles. The van der Waals surface area contributed by atoms with E-state index in [4.69, 9.17) is 0 Å². The monoisotopic (exact) mass is 263 g/mol. The number of nitrogens with zero attached hydrogens (tertiary/aromatic N) is 1. The number of hydrogen-bond acceptors (Lipinski definition) is 2. The molecule has 0 bridgehead atoms. The average molecular weight is 263 g/mol. The van der Waals surface area contributed by atoms with Crippen molar-refractivity contribution in [3.63, 3.8) is 0 Å². The molecule has 2 aromatic rings. The Labute approximate surface area is 119 Å². The van der Waals surface area contributed by atoms with Gasteiger partial charge in [0, 0.05) is 11.4 Å². The summed E-state index contributed by atoms with van der Waals surface area (Å²) in [6.07, 6.45) is 3.17. The fourth-order valence-corrected chi connectivity index (χ4v) is 2.82. The van der Waals surface area contributed by atoms with E-state index >= 15 is 0 Å². The molecule has 20 heavy (non-hydrogen) atoms. The summed E-state index contributed by atoms with van der Waals surface area (Å²) in [5, 5.41) is 0. The van der Waals surface area contributed by atoms with Gasteiger partial charge in [-0.1, -0.05) is 42.0 Å². The molecule has 0 radical (unpaired) electrons. The lowest BCUT2D eigenvalue weighted by Crippen LogP contribution is -2.31. The Hall–Kier alpha value is -2.35. The SMILES string of the molecule is CC1=Cc2ccc(C)cc2C(C=O)N1c1ccccc1. The van der Waals surface area contributed by atoms with E-state index in [-0.39, 0.29) is 6.04 Å². The number of hydrogen-bond donors (Lipinski definition) is 0. The molecule has 1 heterocycles. The van der Waals surface area contributed by atoms with Gasteiger partial charge in [0.25, 0.3) is 0 Å². The quantitative estimate of drug-likeness (QED) is 0.760. The van der Waals surface area contributed by atoms with Crippen LogP contribution in [0.1, 0.15) is 29.7 Å². The van der Waals surface area contributed by atoms with Gasteiger partial charge in [-0.15, -0.1) is 0 Å². The van der Waals surface area contributed by atoms with Crippen molar-refractivity contribution in [3.8, 4) is 0 Å². The highest BCUT2D eigenvalue weighted by atomic mass is 16.1. The minimum Gasteiger partial charge on any atom is -0.331 e. The number of anilines is 1. The predicted octanol–water partition coefficient (Wildman–Crippen LogP) is 4.12. The van der Waals surface area contributed by atoms with Crippen LogP contribution in [-0.4, -0.2) is 6.29 Å². The van der Waals surface area contributed by atoms with Crippen molar-refractivity contribution in [3.05, 3.63) is 70.9 Å². The zero-order chi connectivity index (χ0) is 14.1. The number of allylic oxidation sites excluding steroid dienone is 1. The number of benzene rings is 2. The Balaban J connectivity index is 2.16. The topological polar surface area (TPSA) is 20.3 Å². The van der Waals surface area contributed by atoms with Crippen molar-refractivity contribution in [2.24, 2.45) is 0 Å². The van der Waals surface area contributed by atoms with E-state index in [1.54, 1.807) is 0 Å². The number of fused-ring (bicyclic) bond motifs is 1. The summed E-state index contributed by atoms with van der Waals surface area (Å²) in [6, 6.07) is 16.1. The number of carbonyl (C=O) groups excluding carboxylic acids is 1. The van der Waals surface area contributed by atoms with Gasteiger partial charge in [-0.2, -0.15) is 0 Å². The molecule has 0 saturated heterocycles. The summed E-state index contributed by atoms with van der Waals surface area (Å²) >= 11 is 0. The summed E-state index contributed by atoms with van der Waals surface area (Å²) in [5.74, 6) is 0. The second-order valence-electron chi connectivity index (χ2n) is 5.20. The van der Waals surface area contributed by atoms with Crippen LogP contribution in [0, 0.1) is 6.92 Å². The van der Waals surface area contributed by atoms with Crippen LogP contribution in [0.15, 0.2) is 54.2 Å². The molecular weight excluding hydrogens is 246 g/mol. The number of carbonyl (C=O) groups is 1. The Morgan fingerprint density at radius 2 is 1.80 bits per heavy atom. The van der Waals surface area contributed by atoms with Gasteiger partial charge in [0.15, 0.2) is 0 Å². The molecule has 0 saturated carbocycles. The minimum absolute atomic E-state index is 0.253. The van der Waals surface area contributed by atoms with Gasteiger partial charge in [0.2, 0.25) is 0 Å². The molecule has 100 valence electrons. The van der Waals surface area contributed by atoms with Crippen LogP contribution >= 0.6 is 0 Å². The third-order valence-electron chi connectivity index (χ3n) is 3.75. The maximum atomic E-state index is 11.7. The molecule has 1 unspecified atom stereocenters. The summed E-state index contributed by atoms with van der Waals surface area (Å²) in [7, 11) is 0. The molecule has 0 aliphatic carbocycles. The molecule has 0 fully saturated rings. The largest absolute Gasteiger partial charge is 0.331 e. The van der Waals surface area contributed by atoms with Gasteiger partial charge < -0.3 is 9.69 Å². The molecule has 2 aromatic carbocycles. The Morgan fingerprint density at radius 3 is 2.50 bits per heavy atom. The Kier molecular flexibility index (Phi) is 3.15. The smallest absolute Gasteiger partial charge is 0.147 e. The van der Waals surface area contributed by atoms with Crippen LogP contribution in [0.3, 0.4) is 0 Å². The summed E-state index contributed by atoms with van der Waals surface area (Å²) in [5.41, 5.74) is 5.53. The van der Waals surface area contributed by atoms with Crippen LogP contribution in [0.25, 0.3) is 6.08 Å². The molecule has 0 spiro atoms. The third-order valence-corrected chi connectivity index (χ3v) is 3.75. The summed E-state index contributed by atoms with van der Waals surface area (Å²) < 4.78 is 0. The first kappa shape index (κ1) is 12.7. The Morgan fingerprint density at radius 1 is 1.05 bits per heavy atom. The molecule has 1 atom stereocenters. The lowest BCUT2D eigenvalue weighted by atomic mass is 9.92. The minimum atomic E-state index is -0.253. The molecule has 0 N–H and O–H groups in total. The van der Waals surface area contributed by atoms with Crippen molar-refractivity contribution in [1.82, 2.24) is 0 Å². The number of aryl methyl sites for hydroxylation is 1.